The van der Waals surface area contributed by atoms with Gasteiger partial charge in [0, 0.05) is 24.7 Å². The van der Waals surface area contributed by atoms with E-state index in [2.05, 4.69) is 15.0 Å². The Morgan fingerprint density at radius 2 is 2.12 bits per heavy atom. The number of amides is 1. The second kappa shape index (κ2) is 5.77. The third kappa shape index (κ3) is 2.46. The molecule has 0 saturated carbocycles. The van der Waals surface area contributed by atoms with Crippen molar-refractivity contribution in [1.29, 1.82) is 0 Å². The standard InChI is InChI=1S/C17H13ClF2N4O/c1-8-13-10(19)4-6-21-12(13)5-7-24(8)17(25)16-22-14-9(18)2-3-11(20)15(14)23-16/h2-4,6,8H,5,7H2,1H3,(H,22,23)/t8-/m0/s1. The van der Waals surface area contributed by atoms with Crippen molar-refractivity contribution in [3.8, 4) is 0 Å². The predicted octanol–water partition coefficient (Wildman–Crippen LogP) is 3.65. The van der Waals surface area contributed by atoms with E-state index in [0.717, 1.165) is 0 Å². The Kier molecular flexibility index (Phi) is 3.68. The van der Waals surface area contributed by atoms with Crippen molar-refractivity contribution in [3.63, 3.8) is 0 Å². The maximum Gasteiger partial charge on any atom is 0.290 e. The molecule has 0 spiro atoms. The number of carbonyl (C=O) groups excluding carboxylic acids is 1. The average Bonchev–Trinajstić information content (AvgIpc) is 3.05. The van der Waals surface area contributed by atoms with E-state index in [1.165, 1.54) is 29.3 Å². The first-order valence-corrected chi connectivity index (χ1v) is 8.13. The molecule has 0 saturated heterocycles. The summed E-state index contributed by atoms with van der Waals surface area (Å²) in [4.78, 5) is 25.4. The smallest absolute Gasteiger partial charge is 0.290 e. The summed E-state index contributed by atoms with van der Waals surface area (Å²) in [6, 6.07) is 3.37. The molecule has 1 aliphatic rings. The van der Waals surface area contributed by atoms with Gasteiger partial charge >= 0.3 is 0 Å². The van der Waals surface area contributed by atoms with Gasteiger partial charge in [0.15, 0.2) is 11.6 Å². The van der Waals surface area contributed by atoms with Crippen molar-refractivity contribution in [2.24, 2.45) is 0 Å². The number of benzene rings is 1. The monoisotopic (exact) mass is 362 g/mol. The third-order valence-electron chi connectivity index (χ3n) is 4.50. The number of rotatable bonds is 1. The van der Waals surface area contributed by atoms with Gasteiger partial charge in [-0.25, -0.2) is 13.8 Å². The van der Waals surface area contributed by atoms with Gasteiger partial charge in [0.25, 0.3) is 5.91 Å². The number of hydrogen-bond donors (Lipinski definition) is 1. The Hall–Kier alpha value is -2.54. The van der Waals surface area contributed by atoms with Crippen LogP contribution >= 0.6 is 11.6 Å². The highest BCUT2D eigenvalue weighted by Gasteiger charge is 2.32. The number of nitrogens with zero attached hydrogens (tertiary/aromatic N) is 3. The maximum atomic E-state index is 14.2. The summed E-state index contributed by atoms with van der Waals surface area (Å²) in [7, 11) is 0. The SMILES string of the molecule is C[C@H]1c2c(F)ccnc2CCN1C(=O)c1nc2c(F)ccc(Cl)c2[nH]1. The molecule has 0 bridgehead atoms. The average molecular weight is 363 g/mol. The largest absolute Gasteiger partial charge is 0.333 e. The van der Waals surface area contributed by atoms with Crippen molar-refractivity contribution in [2.45, 2.75) is 19.4 Å². The zero-order valence-electron chi connectivity index (χ0n) is 13.2. The van der Waals surface area contributed by atoms with Crippen LogP contribution in [0.1, 0.15) is 34.8 Å². The lowest BCUT2D eigenvalue weighted by atomic mass is 9.97. The molecule has 3 aromatic rings. The van der Waals surface area contributed by atoms with Gasteiger partial charge in [0.1, 0.15) is 11.3 Å². The summed E-state index contributed by atoms with van der Waals surface area (Å²) in [6.07, 6.45) is 1.86. The molecule has 128 valence electrons. The predicted molar refractivity (Wildman–Crippen MR) is 88.4 cm³/mol. The minimum Gasteiger partial charge on any atom is -0.333 e. The highest BCUT2D eigenvalue weighted by Crippen LogP contribution is 2.32. The number of aromatic nitrogens is 3. The van der Waals surface area contributed by atoms with E-state index in [1.807, 2.05) is 0 Å². The summed E-state index contributed by atoms with van der Waals surface area (Å²) in [5.41, 5.74) is 1.33. The molecule has 0 radical (unpaired) electrons. The van der Waals surface area contributed by atoms with E-state index < -0.39 is 23.6 Å². The van der Waals surface area contributed by atoms with E-state index in [4.69, 9.17) is 11.6 Å². The van der Waals surface area contributed by atoms with Gasteiger partial charge in [0.05, 0.1) is 22.3 Å². The number of hydrogen-bond acceptors (Lipinski definition) is 3. The van der Waals surface area contributed by atoms with E-state index in [0.29, 0.717) is 24.2 Å². The minimum atomic E-state index is -0.568. The minimum absolute atomic E-state index is 0.00811. The number of carbonyl (C=O) groups is 1. The lowest BCUT2D eigenvalue weighted by Crippen LogP contribution is -2.40. The Bertz CT molecular complexity index is 965. The fourth-order valence-electron chi connectivity index (χ4n) is 3.25. The van der Waals surface area contributed by atoms with E-state index in [9.17, 15) is 13.6 Å². The molecule has 1 amide bonds. The van der Waals surface area contributed by atoms with Gasteiger partial charge < -0.3 is 9.88 Å². The molecule has 5 nitrogen and oxygen atoms in total. The number of H-pyrrole nitrogens is 1. The Morgan fingerprint density at radius 3 is 2.88 bits per heavy atom. The lowest BCUT2D eigenvalue weighted by Gasteiger charge is -2.34. The van der Waals surface area contributed by atoms with Gasteiger partial charge in [0.2, 0.25) is 0 Å². The molecule has 1 N–H and O–H groups in total. The Morgan fingerprint density at radius 1 is 1.32 bits per heavy atom. The van der Waals surface area contributed by atoms with Gasteiger partial charge in [-0.15, -0.1) is 0 Å². The van der Waals surface area contributed by atoms with Crippen LogP contribution in [0, 0.1) is 11.6 Å². The summed E-state index contributed by atoms with van der Waals surface area (Å²) in [6.45, 7) is 2.10. The van der Waals surface area contributed by atoms with Crippen LogP contribution in [0.5, 0.6) is 0 Å². The molecule has 1 atom stereocenters. The fourth-order valence-corrected chi connectivity index (χ4v) is 3.45. The van der Waals surface area contributed by atoms with Crippen LogP contribution in [0.15, 0.2) is 24.4 Å². The molecule has 25 heavy (non-hydrogen) atoms. The highest BCUT2D eigenvalue weighted by atomic mass is 35.5. The zero-order valence-corrected chi connectivity index (χ0v) is 13.9. The fraction of sp³-hybridized carbons (Fsp3) is 0.235. The van der Waals surface area contributed by atoms with Crippen molar-refractivity contribution >= 4 is 28.5 Å². The molecule has 1 aliphatic heterocycles. The molecule has 0 unspecified atom stereocenters. The van der Waals surface area contributed by atoms with Crippen molar-refractivity contribution in [2.75, 3.05) is 6.54 Å². The number of fused-ring (bicyclic) bond motifs is 2. The van der Waals surface area contributed by atoms with E-state index >= 15 is 0 Å². The summed E-state index contributed by atoms with van der Waals surface area (Å²) in [5, 5.41) is 0.273. The third-order valence-corrected chi connectivity index (χ3v) is 4.82. The van der Waals surface area contributed by atoms with Crippen LogP contribution in [0.3, 0.4) is 0 Å². The zero-order chi connectivity index (χ0) is 17.7. The summed E-state index contributed by atoms with van der Waals surface area (Å²) in [5.74, 6) is -1.43. The maximum absolute atomic E-state index is 14.2. The molecule has 1 aromatic carbocycles. The number of nitrogens with one attached hydrogen (secondary N) is 1. The number of pyridine rings is 1. The van der Waals surface area contributed by atoms with Crippen molar-refractivity contribution in [1.82, 2.24) is 19.9 Å². The second-order valence-electron chi connectivity index (χ2n) is 5.92. The summed E-state index contributed by atoms with van der Waals surface area (Å²) < 4.78 is 28.1. The normalized spacial score (nSPS) is 17.0. The van der Waals surface area contributed by atoms with Crippen LogP contribution in [-0.4, -0.2) is 32.3 Å². The Balaban J connectivity index is 1.74. The molecular weight excluding hydrogens is 350 g/mol. The van der Waals surface area contributed by atoms with Crippen LogP contribution < -0.4 is 0 Å². The lowest BCUT2D eigenvalue weighted by molar-refractivity contribution is 0.0661. The first-order valence-electron chi connectivity index (χ1n) is 7.75. The quantitative estimate of drug-likeness (QED) is 0.718. The van der Waals surface area contributed by atoms with Crippen LogP contribution in [0.4, 0.5) is 8.78 Å². The van der Waals surface area contributed by atoms with Gasteiger partial charge in [-0.3, -0.25) is 9.78 Å². The number of halogens is 3. The highest BCUT2D eigenvalue weighted by molar-refractivity contribution is 6.35. The first-order chi connectivity index (χ1) is 12.0. The molecular formula is C17H13ClF2N4O. The van der Waals surface area contributed by atoms with Gasteiger partial charge in [-0.2, -0.15) is 0 Å². The van der Waals surface area contributed by atoms with E-state index in [-0.39, 0.29) is 21.9 Å². The first kappa shape index (κ1) is 16.0. The van der Waals surface area contributed by atoms with Gasteiger partial charge in [-0.05, 0) is 25.1 Å². The van der Waals surface area contributed by atoms with Crippen LogP contribution in [-0.2, 0) is 6.42 Å². The number of aromatic amines is 1. The molecule has 8 heteroatoms. The van der Waals surface area contributed by atoms with Crippen LogP contribution in [0.25, 0.3) is 11.0 Å². The van der Waals surface area contributed by atoms with Gasteiger partial charge in [-0.1, -0.05) is 11.6 Å². The van der Waals surface area contributed by atoms with Crippen LogP contribution in [0.2, 0.25) is 5.02 Å². The molecule has 4 rings (SSSR count). The Labute approximate surface area is 146 Å². The molecule has 2 aromatic heterocycles. The molecule has 0 fully saturated rings. The molecule has 3 heterocycles. The van der Waals surface area contributed by atoms with Crippen molar-refractivity contribution in [3.05, 3.63) is 58.1 Å². The van der Waals surface area contributed by atoms with Crippen molar-refractivity contribution < 1.29 is 13.6 Å². The molecule has 0 aliphatic carbocycles. The number of imidazole rings is 1. The van der Waals surface area contributed by atoms with E-state index in [1.54, 1.807) is 6.92 Å². The summed E-state index contributed by atoms with van der Waals surface area (Å²) >= 11 is 6.03. The topological polar surface area (TPSA) is 61.9 Å². The second-order valence-corrected chi connectivity index (χ2v) is 6.32.